The van der Waals surface area contributed by atoms with Gasteiger partial charge in [0.25, 0.3) is 0 Å². The highest BCUT2D eigenvalue weighted by atomic mass is 15.2. The van der Waals surface area contributed by atoms with Gasteiger partial charge in [-0.2, -0.15) is 5.10 Å². The summed E-state index contributed by atoms with van der Waals surface area (Å²) in [6.07, 6.45) is 7.58. The lowest BCUT2D eigenvalue weighted by Crippen LogP contribution is -1.97. The maximum Gasteiger partial charge on any atom is 0.0953 e. The molecular formula is C9H13N5. The van der Waals surface area contributed by atoms with E-state index in [0.717, 1.165) is 17.8 Å². The van der Waals surface area contributed by atoms with Gasteiger partial charge >= 0.3 is 0 Å². The summed E-state index contributed by atoms with van der Waals surface area (Å²) in [5.74, 6) is 0. The Labute approximate surface area is 82.2 Å². The maximum absolute atomic E-state index is 5.47. The van der Waals surface area contributed by atoms with Crippen LogP contribution in [0.2, 0.25) is 0 Å². The fourth-order valence-corrected chi connectivity index (χ4v) is 1.36. The molecule has 0 amide bonds. The monoisotopic (exact) mass is 191 g/mol. The molecule has 0 aliphatic rings. The first kappa shape index (κ1) is 8.96. The molecule has 0 atom stereocenters. The van der Waals surface area contributed by atoms with Crippen LogP contribution < -0.4 is 5.73 Å². The topological polar surface area (TPSA) is 61.7 Å². The van der Waals surface area contributed by atoms with Gasteiger partial charge in [-0.25, -0.2) is 4.98 Å². The molecule has 0 unspecified atom stereocenters. The number of nitrogens with two attached hydrogens (primary N) is 1. The van der Waals surface area contributed by atoms with Crippen LogP contribution in [0.1, 0.15) is 11.3 Å². The molecule has 0 spiro atoms. The molecule has 2 aromatic heterocycles. The lowest BCUT2D eigenvalue weighted by atomic mass is 10.3. The minimum absolute atomic E-state index is 0.486. The second-order valence-electron chi connectivity index (χ2n) is 3.26. The van der Waals surface area contributed by atoms with Crippen LogP contribution in [0.3, 0.4) is 0 Å². The molecule has 0 aliphatic carbocycles. The zero-order valence-electron chi connectivity index (χ0n) is 8.09. The molecule has 2 aromatic rings. The van der Waals surface area contributed by atoms with E-state index in [4.69, 9.17) is 5.73 Å². The van der Waals surface area contributed by atoms with Gasteiger partial charge in [-0.3, -0.25) is 4.68 Å². The van der Waals surface area contributed by atoms with Crippen LogP contribution in [0.5, 0.6) is 0 Å². The summed E-state index contributed by atoms with van der Waals surface area (Å²) < 4.78 is 3.79. The van der Waals surface area contributed by atoms with Gasteiger partial charge in [0.05, 0.1) is 24.8 Å². The van der Waals surface area contributed by atoms with Crippen molar-refractivity contribution >= 4 is 0 Å². The predicted octanol–water partition coefficient (Wildman–Crippen LogP) is 0.124. The van der Waals surface area contributed by atoms with Gasteiger partial charge in [0.1, 0.15) is 0 Å². The van der Waals surface area contributed by atoms with Gasteiger partial charge in [-0.05, 0) is 0 Å². The fraction of sp³-hybridized carbons (Fsp3) is 0.333. The van der Waals surface area contributed by atoms with E-state index in [0.29, 0.717) is 6.54 Å². The largest absolute Gasteiger partial charge is 0.333 e. The molecule has 2 rings (SSSR count). The van der Waals surface area contributed by atoms with Crippen LogP contribution in [-0.2, 0) is 20.1 Å². The molecule has 2 N–H and O–H groups in total. The minimum Gasteiger partial charge on any atom is -0.333 e. The SMILES string of the molecule is Cn1cc(Cn2cnc(CN)c2)cn1. The second-order valence-corrected chi connectivity index (χ2v) is 3.26. The third-order valence-electron chi connectivity index (χ3n) is 2.02. The highest BCUT2D eigenvalue weighted by Gasteiger charge is 1.99. The summed E-state index contributed by atoms with van der Waals surface area (Å²) in [7, 11) is 1.91. The molecule has 2 heterocycles. The first-order valence-electron chi connectivity index (χ1n) is 4.46. The molecule has 5 heteroatoms. The van der Waals surface area contributed by atoms with E-state index in [-0.39, 0.29) is 0 Å². The van der Waals surface area contributed by atoms with E-state index in [1.165, 1.54) is 0 Å². The normalized spacial score (nSPS) is 10.7. The van der Waals surface area contributed by atoms with Crippen molar-refractivity contribution in [2.24, 2.45) is 12.8 Å². The highest BCUT2D eigenvalue weighted by Crippen LogP contribution is 2.02. The van der Waals surface area contributed by atoms with Crippen LogP contribution >= 0.6 is 0 Å². The molecule has 0 radical (unpaired) electrons. The second kappa shape index (κ2) is 3.63. The van der Waals surface area contributed by atoms with Crippen molar-refractivity contribution in [1.82, 2.24) is 19.3 Å². The lowest BCUT2D eigenvalue weighted by Gasteiger charge is -1.96. The van der Waals surface area contributed by atoms with Gasteiger partial charge in [0.15, 0.2) is 0 Å². The Morgan fingerprint density at radius 2 is 2.29 bits per heavy atom. The Balaban J connectivity index is 2.10. The molecular weight excluding hydrogens is 178 g/mol. The molecule has 5 nitrogen and oxygen atoms in total. The molecule has 74 valence electrons. The Morgan fingerprint density at radius 3 is 2.86 bits per heavy atom. The van der Waals surface area contributed by atoms with Crippen molar-refractivity contribution in [2.75, 3.05) is 0 Å². The van der Waals surface area contributed by atoms with Crippen molar-refractivity contribution in [3.8, 4) is 0 Å². The van der Waals surface area contributed by atoms with Crippen LogP contribution in [0.25, 0.3) is 0 Å². The zero-order chi connectivity index (χ0) is 9.97. The van der Waals surface area contributed by atoms with Gasteiger partial charge in [-0.15, -0.1) is 0 Å². The summed E-state index contributed by atoms with van der Waals surface area (Å²) in [6, 6.07) is 0. The number of aryl methyl sites for hydroxylation is 1. The van der Waals surface area contributed by atoms with Crippen LogP contribution in [0, 0.1) is 0 Å². The molecule has 0 saturated heterocycles. The minimum atomic E-state index is 0.486. The van der Waals surface area contributed by atoms with Gasteiger partial charge in [0, 0.05) is 31.5 Å². The van der Waals surface area contributed by atoms with Gasteiger partial charge in [-0.1, -0.05) is 0 Å². The average Bonchev–Trinajstić information content (AvgIpc) is 2.76. The molecule has 0 bridgehead atoms. The molecule has 0 fully saturated rings. The van der Waals surface area contributed by atoms with Gasteiger partial charge < -0.3 is 10.3 Å². The Morgan fingerprint density at radius 1 is 1.43 bits per heavy atom. The smallest absolute Gasteiger partial charge is 0.0953 e. The first-order valence-corrected chi connectivity index (χ1v) is 4.46. The van der Waals surface area contributed by atoms with Crippen molar-refractivity contribution in [3.05, 3.63) is 36.2 Å². The third kappa shape index (κ3) is 1.82. The quantitative estimate of drug-likeness (QED) is 0.749. The van der Waals surface area contributed by atoms with Crippen molar-refractivity contribution in [3.63, 3.8) is 0 Å². The van der Waals surface area contributed by atoms with Crippen LogP contribution in [0.15, 0.2) is 24.9 Å². The Bertz CT molecular complexity index is 414. The molecule has 14 heavy (non-hydrogen) atoms. The van der Waals surface area contributed by atoms with Crippen molar-refractivity contribution in [1.29, 1.82) is 0 Å². The van der Waals surface area contributed by atoms with Crippen LogP contribution in [0.4, 0.5) is 0 Å². The Hall–Kier alpha value is -1.62. The summed E-state index contributed by atoms with van der Waals surface area (Å²) >= 11 is 0. The van der Waals surface area contributed by atoms with E-state index in [1.54, 1.807) is 11.0 Å². The number of imidazole rings is 1. The number of hydrogen-bond acceptors (Lipinski definition) is 3. The highest BCUT2D eigenvalue weighted by molar-refractivity contribution is 5.06. The van der Waals surface area contributed by atoms with E-state index in [1.807, 2.05) is 30.2 Å². The van der Waals surface area contributed by atoms with Crippen molar-refractivity contribution < 1.29 is 0 Å². The van der Waals surface area contributed by atoms with E-state index < -0.39 is 0 Å². The molecule has 0 saturated carbocycles. The summed E-state index contributed by atoms with van der Waals surface area (Å²) in [5, 5.41) is 4.10. The standard InChI is InChI=1S/C9H13N5/c1-13-4-8(3-12-13)5-14-6-9(2-10)11-7-14/h3-4,6-7H,2,5,10H2,1H3. The average molecular weight is 191 g/mol. The number of rotatable bonds is 3. The number of nitrogens with zero attached hydrogens (tertiary/aromatic N) is 4. The van der Waals surface area contributed by atoms with E-state index >= 15 is 0 Å². The zero-order valence-corrected chi connectivity index (χ0v) is 8.09. The summed E-state index contributed by atoms with van der Waals surface area (Å²) in [6.45, 7) is 1.28. The third-order valence-corrected chi connectivity index (χ3v) is 2.02. The number of aromatic nitrogens is 4. The molecule has 0 aromatic carbocycles. The van der Waals surface area contributed by atoms with Crippen molar-refractivity contribution in [2.45, 2.75) is 13.1 Å². The fourth-order valence-electron chi connectivity index (χ4n) is 1.36. The van der Waals surface area contributed by atoms with E-state index in [2.05, 4.69) is 10.1 Å². The summed E-state index contributed by atoms with van der Waals surface area (Å²) in [5.41, 5.74) is 7.54. The first-order chi connectivity index (χ1) is 6.78. The predicted molar refractivity (Wildman–Crippen MR) is 52.4 cm³/mol. The summed E-state index contributed by atoms with van der Waals surface area (Å²) in [4.78, 5) is 4.15. The van der Waals surface area contributed by atoms with E-state index in [9.17, 15) is 0 Å². The number of hydrogen-bond donors (Lipinski definition) is 1. The van der Waals surface area contributed by atoms with Gasteiger partial charge in [0.2, 0.25) is 0 Å². The molecule has 0 aliphatic heterocycles. The Kier molecular flexibility index (Phi) is 2.32. The lowest BCUT2D eigenvalue weighted by molar-refractivity contribution is 0.762. The van der Waals surface area contributed by atoms with Crippen LogP contribution in [-0.4, -0.2) is 19.3 Å². The maximum atomic E-state index is 5.47.